The molecule has 4 heteroatoms. The Balaban J connectivity index is 1.59. The molecule has 0 aromatic heterocycles. The minimum absolute atomic E-state index is 0.0853. The van der Waals surface area contributed by atoms with Crippen molar-refractivity contribution in [2.24, 2.45) is 23.0 Å². The van der Waals surface area contributed by atoms with Crippen LogP contribution in [0.5, 0.6) is 0 Å². The fourth-order valence-corrected chi connectivity index (χ4v) is 4.87. The van der Waals surface area contributed by atoms with Crippen LogP contribution in [0, 0.1) is 17.3 Å². The molecule has 0 aromatic carbocycles. The zero-order chi connectivity index (χ0) is 15.1. The molecule has 4 nitrogen and oxygen atoms in total. The molecule has 2 saturated heterocycles. The number of hydrogen-bond acceptors (Lipinski definition) is 4. The lowest BCUT2D eigenvalue weighted by Crippen LogP contribution is -2.80. The number of nitrogens with zero attached hydrogens (tertiary/aromatic N) is 1. The number of likely N-dealkylation sites (N-methyl/N-ethyl adjacent to an activating group) is 1. The third kappa shape index (κ3) is 2.65. The molecule has 2 aliphatic heterocycles. The fourth-order valence-electron chi connectivity index (χ4n) is 4.87. The van der Waals surface area contributed by atoms with Crippen LogP contribution in [0.4, 0.5) is 0 Å². The monoisotopic (exact) mass is 296 g/mol. The van der Waals surface area contributed by atoms with E-state index in [0.717, 1.165) is 38.8 Å². The first kappa shape index (κ1) is 15.7. The van der Waals surface area contributed by atoms with E-state index in [9.17, 15) is 0 Å². The molecule has 3 fully saturated rings. The summed E-state index contributed by atoms with van der Waals surface area (Å²) in [5.41, 5.74) is 6.88. The summed E-state index contributed by atoms with van der Waals surface area (Å²) in [5, 5.41) is 0. The number of fused-ring (bicyclic) bond motifs is 1. The molecule has 0 aromatic rings. The summed E-state index contributed by atoms with van der Waals surface area (Å²) in [7, 11) is 2.23. The van der Waals surface area contributed by atoms with Gasteiger partial charge in [-0.15, -0.1) is 0 Å². The van der Waals surface area contributed by atoms with Crippen LogP contribution in [-0.2, 0) is 9.47 Å². The lowest BCUT2D eigenvalue weighted by atomic mass is 9.46. The Hall–Kier alpha value is -0.160. The molecule has 0 radical (unpaired) electrons. The van der Waals surface area contributed by atoms with Crippen molar-refractivity contribution >= 4 is 0 Å². The highest BCUT2D eigenvalue weighted by Crippen LogP contribution is 2.57. The van der Waals surface area contributed by atoms with E-state index >= 15 is 0 Å². The van der Waals surface area contributed by atoms with E-state index in [0.29, 0.717) is 12.0 Å². The van der Waals surface area contributed by atoms with Crippen molar-refractivity contribution in [3.8, 4) is 0 Å². The van der Waals surface area contributed by atoms with Crippen molar-refractivity contribution < 1.29 is 9.47 Å². The summed E-state index contributed by atoms with van der Waals surface area (Å²) in [6, 6.07) is 0. The SMILES string of the molecule is CN(CC1CCOCC1)CC1(N)C2CCCOC2C1(C)C. The molecule has 122 valence electrons. The van der Waals surface area contributed by atoms with E-state index in [1.807, 2.05) is 0 Å². The number of nitrogens with two attached hydrogens (primary N) is 1. The van der Waals surface area contributed by atoms with Gasteiger partial charge in [0.2, 0.25) is 0 Å². The van der Waals surface area contributed by atoms with Gasteiger partial charge in [-0.2, -0.15) is 0 Å². The third-order valence-corrected chi connectivity index (χ3v) is 6.34. The Bertz CT molecular complexity index is 368. The zero-order valence-electron chi connectivity index (χ0n) is 13.9. The molecule has 1 aliphatic carbocycles. The number of ether oxygens (including phenoxy) is 2. The van der Waals surface area contributed by atoms with E-state index in [1.165, 1.54) is 25.7 Å². The second-order valence-corrected chi connectivity index (χ2v) is 8.05. The van der Waals surface area contributed by atoms with Crippen molar-refractivity contribution in [2.45, 2.75) is 51.2 Å². The summed E-state index contributed by atoms with van der Waals surface area (Å²) in [6.07, 6.45) is 5.16. The first-order chi connectivity index (χ1) is 9.95. The maximum Gasteiger partial charge on any atom is 0.0690 e. The van der Waals surface area contributed by atoms with Crippen molar-refractivity contribution in [3.63, 3.8) is 0 Å². The van der Waals surface area contributed by atoms with Gasteiger partial charge >= 0.3 is 0 Å². The quantitative estimate of drug-likeness (QED) is 0.860. The van der Waals surface area contributed by atoms with Crippen LogP contribution in [0.25, 0.3) is 0 Å². The zero-order valence-corrected chi connectivity index (χ0v) is 13.9. The summed E-state index contributed by atoms with van der Waals surface area (Å²) in [6.45, 7) is 9.49. The number of rotatable bonds is 4. The predicted octanol–water partition coefficient (Wildman–Crippen LogP) is 1.88. The topological polar surface area (TPSA) is 47.7 Å². The fraction of sp³-hybridized carbons (Fsp3) is 1.00. The van der Waals surface area contributed by atoms with Gasteiger partial charge in [0.1, 0.15) is 0 Å². The van der Waals surface area contributed by atoms with Crippen LogP contribution in [0.1, 0.15) is 39.5 Å². The molecule has 2 N–H and O–H groups in total. The molecule has 21 heavy (non-hydrogen) atoms. The van der Waals surface area contributed by atoms with Crippen LogP contribution in [0.3, 0.4) is 0 Å². The number of hydrogen-bond donors (Lipinski definition) is 1. The summed E-state index contributed by atoms with van der Waals surface area (Å²) in [5.74, 6) is 1.31. The van der Waals surface area contributed by atoms with Gasteiger partial charge in [-0.25, -0.2) is 0 Å². The second kappa shape index (κ2) is 5.80. The Morgan fingerprint density at radius 1 is 1.14 bits per heavy atom. The lowest BCUT2D eigenvalue weighted by molar-refractivity contribution is -0.231. The molecule has 0 spiro atoms. The summed E-state index contributed by atoms with van der Waals surface area (Å²) < 4.78 is 11.5. The van der Waals surface area contributed by atoms with Crippen LogP contribution in [-0.4, -0.2) is 56.5 Å². The van der Waals surface area contributed by atoms with Gasteiger partial charge in [0, 0.05) is 49.8 Å². The average Bonchev–Trinajstić information content (AvgIpc) is 2.48. The molecule has 3 rings (SSSR count). The van der Waals surface area contributed by atoms with Gasteiger partial charge in [0.05, 0.1) is 6.10 Å². The maximum atomic E-state index is 6.89. The van der Waals surface area contributed by atoms with Crippen LogP contribution < -0.4 is 5.73 Å². The van der Waals surface area contributed by atoms with E-state index in [1.54, 1.807) is 0 Å². The van der Waals surface area contributed by atoms with Crippen molar-refractivity contribution in [3.05, 3.63) is 0 Å². The highest BCUT2D eigenvalue weighted by Gasteiger charge is 2.66. The van der Waals surface area contributed by atoms with Gasteiger partial charge in [0.25, 0.3) is 0 Å². The molecule has 3 aliphatic rings. The Morgan fingerprint density at radius 3 is 2.57 bits per heavy atom. The second-order valence-electron chi connectivity index (χ2n) is 8.05. The van der Waals surface area contributed by atoms with Gasteiger partial charge in [-0.05, 0) is 38.6 Å². The van der Waals surface area contributed by atoms with Crippen LogP contribution in [0.15, 0.2) is 0 Å². The Kier molecular flexibility index (Phi) is 4.34. The molecular formula is C17H32N2O2. The van der Waals surface area contributed by atoms with Gasteiger partial charge in [-0.1, -0.05) is 13.8 Å². The smallest absolute Gasteiger partial charge is 0.0690 e. The minimum atomic E-state index is -0.0992. The maximum absolute atomic E-state index is 6.89. The van der Waals surface area contributed by atoms with Crippen LogP contribution in [0.2, 0.25) is 0 Å². The molecule has 0 amide bonds. The molecule has 3 atom stereocenters. The summed E-state index contributed by atoms with van der Waals surface area (Å²) in [4.78, 5) is 2.46. The standard InChI is InChI=1S/C17H32N2O2/c1-16(2)15-14(5-4-8-21-15)17(16,18)12-19(3)11-13-6-9-20-10-7-13/h13-15H,4-12,18H2,1-3H3. The highest BCUT2D eigenvalue weighted by atomic mass is 16.5. The van der Waals surface area contributed by atoms with Crippen molar-refractivity contribution in [1.82, 2.24) is 4.90 Å². The predicted molar refractivity (Wildman–Crippen MR) is 84.2 cm³/mol. The van der Waals surface area contributed by atoms with E-state index in [2.05, 4.69) is 25.8 Å². The van der Waals surface area contributed by atoms with E-state index in [4.69, 9.17) is 15.2 Å². The van der Waals surface area contributed by atoms with Gasteiger partial charge in [0.15, 0.2) is 0 Å². The highest BCUT2D eigenvalue weighted by molar-refractivity contribution is 5.20. The van der Waals surface area contributed by atoms with Crippen molar-refractivity contribution in [2.75, 3.05) is 40.0 Å². The Labute approximate surface area is 129 Å². The van der Waals surface area contributed by atoms with E-state index in [-0.39, 0.29) is 11.0 Å². The van der Waals surface area contributed by atoms with Gasteiger partial charge in [-0.3, -0.25) is 0 Å². The molecule has 2 heterocycles. The molecule has 3 unspecified atom stereocenters. The molecule has 1 saturated carbocycles. The Morgan fingerprint density at radius 2 is 1.86 bits per heavy atom. The average molecular weight is 296 g/mol. The van der Waals surface area contributed by atoms with E-state index < -0.39 is 0 Å². The van der Waals surface area contributed by atoms with Gasteiger partial charge < -0.3 is 20.1 Å². The normalized spacial score (nSPS) is 39.9. The first-order valence-electron chi connectivity index (χ1n) is 8.62. The van der Waals surface area contributed by atoms with Crippen molar-refractivity contribution in [1.29, 1.82) is 0 Å². The molecular weight excluding hydrogens is 264 g/mol. The third-order valence-electron chi connectivity index (χ3n) is 6.34. The molecule has 0 bridgehead atoms. The van der Waals surface area contributed by atoms with Crippen LogP contribution >= 0.6 is 0 Å². The minimum Gasteiger partial charge on any atom is -0.381 e. The largest absolute Gasteiger partial charge is 0.381 e. The first-order valence-corrected chi connectivity index (χ1v) is 8.62. The lowest BCUT2D eigenvalue weighted by Gasteiger charge is -2.67. The summed E-state index contributed by atoms with van der Waals surface area (Å²) >= 11 is 0.